The third-order valence-electron chi connectivity index (χ3n) is 3.76. The number of hydrogen-bond acceptors (Lipinski definition) is 8. The minimum absolute atomic E-state index is 0.0603. The van der Waals surface area contributed by atoms with E-state index in [-0.39, 0.29) is 39.5 Å². The summed E-state index contributed by atoms with van der Waals surface area (Å²) in [7, 11) is -3.69. The largest absolute Gasteiger partial charge is 0.470 e. The van der Waals surface area contributed by atoms with Gasteiger partial charge < -0.3 is 9.47 Å². The van der Waals surface area contributed by atoms with Crippen molar-refractivity contribution >= 4 is 9.84 Å². The highest BCUT2D eigenvalue weighted by molar-refractivity contribution is 7.91. The molecule has 0 spiro atoms. The number of halogens is 2. The van der Waals surface area contributed by atoms with E-state index in [0.29, 0.717) is 0 Å². The summed E-state index contributed by atoms with van der Waals surface area (Å²) in [6.07, 6.45) is 2.87. The van der Waals surface area contributed by atoms with E-state index in [1.807, 2.05) is 0 Å². The number of hydrogen-bond donors (Lipinski definition) is 0. The fraction of sp³-hybridized carbons (Fsp3) is 0.263. The first-order chi connectivity index (χ1) is 14.2. The lowest BCUT2D eigenvalue weighted by atomic mass is 10.2. The maximum absolute atomic E-state index is 12.9. The quantitative estimate of drug-likeness (QED) is 0.528. The van der Waals surface area contributed by atoms with Crippen molar-refractivity contribution in [3.8, 4) is 28.9 Å². The van der Waals surface area contributed by atoms with Crippen molar-refractivity contribution in [1.29, 1.82) is 0 Å². The summed E-state index contributed by atoms with van der Waals surface area (Å²) in [6.45, 7) is 1.36. The van der Waals surface area contributed by atoms with Crippen LogP contribution >= 0.6 is 0 Å². The Morgan fingerprint density at radius 2 is 1.87 bits per heavy atom. The molecule has 3 aromatic rings. The molecule has 0 saturated heterocycles. The van der Waals surface area contributed by atoms with E-state index in [9.17, 15) is 17.2 Å². The van der Waals surface area contributed by atoms with Crippen molar-refractivity contribution < 1.29 is 26.7 Å². The zero-order valence-corrected chi connectivity index (χ0v) is 16.9. The Bertz CT molecular complexity index is 1110. The summed E-state index contributed by atoms with van der Waals surface area (Å²) in [5, 5.41) is 7.59. The summed E-state index contributed by atoms with van der Waals surface area (Å²) >= 11 is 0. The van der Waals surface area contributed by atoms with Gasteiger partial charge in [-0.05, 0) is 12.1 Å². The molecular weight excluding hydrogens is 418 g/mol. The Morgan fingerprint density at radius 3 is 2.47 bits per heavy atom. The molecule has 30 heavy (non-hydrogen) atoms. The lowest BCUT2D eigenvalue weighted by Crippen LogP contribution is -2.21. The van der Waals surface area contributed by atoms with Crippen LogP contribution in [0.15, 0.2) is 53.7 Å². The van der Waals surface area contributed by atoms with E-state index >= 15 is 0 Å². The maximum atomic E-state index is 12.9. The third-order valence-corrected chi connectivity index (χ3v) is 5.50. The number of rotatable bonds is 8. The fourth-order valence-corrected chi connectivity index (χ4v) is 3.38. The molecule has 0 radical (unpaired) electrons. The smallest absolute Gasteiger partial charge is 0.278 e. The van der Waals surface area contributed by atoms with Crippen molar-refractivity contribution in [3.63, 3.8) is 0 Å². The second-order valence-electron chi connectivity index (χ2n) is 6.31. The second-order valence-corrected chi connectivity index (χ2v) is 8.55. The van der Waals surface area contributed by atoms with Crippen molar-refractivity contribution in [2.45, 2.75) is 24.7 Å². The highest BCUT2D eigenvalue weighted by Gasteiger charge is 2.24. The molecule has 158 valence electrons. The molecule has 8 nitrogen and oxygen atoms in total. The van der Waals surface area contributed by atoms with Gasteiger partial charge in [-0.3, -0.25) is 0 Å². The Hall–Kier alpha value is -3.21. The van der Waals surface area contributed by atoms with Gasteiger partial charge in [0.15, 0.2) is 16.4 Å². The third kappa shape index (κ3) is 5.44. The molecule has 0 atom stereocenters. The molecule has 0 N–H and O–H groups in total. The first-order valence-electron chi connectivity index (χ1n) is 8.84. The van der Waals surface area contributed by atoms with Crippen LogP contribution in [-0.4, -0.2) is 46.9 Å². The van der Waals surface area contributed by atoms with Crippen LogP contribution in [0.3, 0.4) is 0 Å². The molecule has 0 aliphatic carbocycles. The maximum Gasteiger partial charge on any atom is 0.278 e. The van der Waals surface area contributed by atoms with Crippen molar-refractivity contribution in [2.75, 3.05) is 12.4 Å². The Kier molecular flexibility index (Phi) is 6.20. The molecular formula is C19H18F2N4O4S. The van der Waals surface area contributed by atoms with E-state index in [2.05, 4.69) is 20.2 Å². The zero-order valence-electron chi connectivity index (χ0n) is 16.1. The Balaban J connectivity index is 1.93. The lowest BCUT2D eigenvalue weighted by Gasteiger charge is -2.12. The van der Waals surface area contributed by atoms with Crippen molar-refractivity contribution in [3.05, 3.63) is 48.8 Å². The Labute approximate surface area is 171 Å². The molecule has 0 aliphatic heterocycles. The van der Waals surface area contributed by atoms with Gasteiger partial charge in [0.1, 0.15) is 17.1 Å². The van der Waals surface area contributed by atoms with E-state index < -0.39 is 22.4 Å². The number of nitrogens with zero attached hydrogens (tertiary/aromatic N) is 4. The van der Waals surface area contributed by atoms with Crippen molar-refractivity contribution in [1.82, 2.24) is 20.2 Å². The summed E-state index contributed by atoms with van der Waals surface area (Å²) in [6, 6.07) is 9.10. The van der Waals surface area contributed by atoms with Crippen LogP contribution in [0.5, 0.6) is 17.5 Å². The highest BCUT2D eigenvalue weighted by atomic mass is 32.2. The van der Waals surface area contributed by atoms with Crippen LogP contribution in [0.25, 0.3) is 11.4 Å². The van der Waals surface area contributed by atoms with Crippen LogP contribution in [0.4, 0.5) is 8.78 Å². The van der Waals surface area contributed by atoms with E-state index in [4.69, 9.17) is 9.47 Å². The van der Waals surface area contributed by atoms with E-state index in [1.165, 1.54) is 37.5 Å². The summed E-state index contributed by atoms with van der Waals surface area (Å²) in [5.74, 6) is -2.85. The standard InChI is InChI=1S/C19H18F2N4O4S/c1-3-30(26,27)15-10-13(29-16-6-4-5-9-22-16)11-23-18(15)14-7-8-17(25-24-14)28-12-19(2,20)21/h4-11H,3,12H2,1-2H3. The second kappa shape index (κ2) is 8.66. The number of aromatic nitrogens is 4. The average Bonchev–Trinajstić information content (AvgIpc) is 2.73. The molecule has 3 rings (SSSR count). The molecule has 0 unspecified atom stereocenters. The normalized spacial score (nSPS) is 11.9. The topological polar surface area (TPSA) is 104 Å². The number of alkyl halides is 2. The van der Waals surface area contributed by atoms with Gasteiger partial charge in [-0.25, -0.2) is 27.2 Å². The van der Waals surface area contributed by atoms with Gasteiger partial charge in [-0.1, -0.05) is 13.0 Å². The summed E-state index contributed by atoms with van der Waals surface area (Å²) < 4.78 is 61.5. The average molecular weight is 436 g/mol. The number of pyridine rings is 2. The molecule has 0 aliphatic rings. The molecule has 0 fully saturated rings. The predicted molar refractivity (Wildman–Crippen MR) is 103 cm³/mol. The SMILES string of the molecule is CCS(=O)(=O)c1cc(Oc2ccccn2)cnc1-c1ccc(OCC(C)(F)F)nn1. The van der Waals surface area contributed by atoms with Crippen LogP contribution in [0, 0.1) is 0 Å². The first-order valence-corrected chi connectivity index (χ1v) is 10.5. The van der Waals surface area contributed by atoms with Crippen LogP contribution < -0.4 is 9.47 Å². The minimum atomic E-state index is -3.69. The molecule has 3 aromatic heterocycles. The van der Waals surface area contributed by atoms with Crippen molar-refractivity contribution in [2.24, 2.45) is 0 Å². The summed E-state index contributed by atoms with van der Waals surface area (Å²) in [4.78, 5) is 8.11. The van der Waals surface area contributed by atoms with Gasteiger partial charge in [-0.15, -0.1) is 10.2 Å². The molecule has 0 aromatic carbocycles. The van der Waals surface area contributed by atoms with Gasteiger partial charge in [0.2, 0.25) is 11.8 Å². The predicted octanol–water partition coefficient (Wildman–Crippen LogP) is 3.55. The first kappa shape index (κ1) is 21.5. The van der Waals surface area contributed by atoms with E-state index in [0.717, 1.165) is 6.92 Å². The lowest BCUT2D eigenvalue weighted by molar-refractivity contribution is -0.0244. The van der Waals surface area contributed by atoms with Gasteiger partial charge in [-0.2, -0.15) is 0 Å². The molecule has 0 amide bonds. The van der Waals surface area contributed by atoms with Gasteiger partial charge in [0, 0.05) is 31.3 Å². The van der Waals surface area contributed by atoms with Gasteiger partial charge >= 0.3 is 0 Å². The molecule has 3 heterocycles. The number of sulfone groups is 1. The fourth-order valence-electron chi connectivity index (χ4n) is 2.32. The van der Waals surface area contributed by atoms with Gasteiger partial charge in [0.25, 0.3) is 5.92 Å². The molecule has 0 saturated carbocycles. The zero-order chi connectivity index (χ0) is 21.8. The highest BCUT2D eigenvalue weighted by Crippen LogP contribution is 2.30. The summed E-state index contributed by atoms with van der Waals surface area (Å²) in [5.41, 5.74) is 0.201. The van der Waals surface area contributed by atoms with Gasteiger partial charge in [0.05, 0.1) is 16.8 Å². The van der Waals surface area contributed by atoms with E-state index in [1.54, 1.807) is 18.2 Å². The van der Waals surface area contributed by atoms with Crippen LogP contribution in [0.2, 0.25) is 0 Å². The van der Waals surface area contributed by atoms with Crippen LogP contribution in [-0.2, 0) is 9.84 Å². The molecule has 11 heteroatoms. The number of ether oxygens (including phenoxy) is 2. The Morgan fingerprint density at radius 1 is 1.07 bits per heavy atom. The minimum Gasteiger partial charge on any atom is -0.470 e. The van der Waals surface area contributed by atoms with Crippen LogP contribution in [0.1, 0.15) is 13.8 Å². The monoisotopic (exact) mass is 436 g/mol. The molecule has 0 bridgehead atoms.